The van der Waals surface area contributed by atoms with Crippen molar-refractivity contribution in [3.05, 3.63) is 58.3 Å². The van der Waals surface area contributed by atoms with Crippen molar-refractivity contribution >= 4 is 22.7 Å². The summed E-state index contributed by atoms with van der Waals surface area (Å²) in [5.41, 5.74) is -2.23. The third kappa shape index (κ3) is 9.40. The number of nitrogens with zero attached hydrogens (tertiary/aromatic N) is 3. The number of aryl methyl sites for hydroxylation is 1. The van der Waals surface area contributed by atoms with Gasteiger partial charge in [0.2, 0.25) is 0 Å². The average Bonchev–Trinajstić information content (AvgIpc) is 2.87. The van der Waals surface area contributed by atoms with Crippen molar-refractivity contribution in [2.75, 3.05) is 0 Å². The molecule has 0 saturated carbocycles. The molecule has 1 aromatic carbocycles. The molecule has 0 radical (unpaired) electrons. The van der Waals surface area contributed by atoms with Crippen molar-refractivity contribution in [1.82, 2.24) is 14.5 Å². The second-order valence-electron chi connectivity index (χ2n) is 8.74. The summed E-state index contributed by atoms with van der Waals surface area (Å²) in [4.78, 5) is 19.6. The van der Waals surface area contributed by atoms with Crippen molar-refractivity contribution in [2.45, 2.75) is 78.3 Å². The van der Waals surface area contributed by atoms with Crippen LogP contribution in [0.25, 0.3) is 22.2 Å². The lowest BCUT2D eigenvalue weighted by Crippen LogP contribution is -2.21. The van der Waals surface area contributed by atoms with Gasteiger partial charge in [0.25, 0.3) is 5.56 Å². The number of halogens is 5. The molecule has 2 heterocycles. The Morgan fingerprint density at radius 2 is 1.63 bits per heavy atom. The second-order valence-corrected chi connectivity index (χ2v) is 10.2. The number of unbranched alkanes of at least 4 members (excludes halogenated alkanes) is 2. The number of hydrogen-bond acceptors (Lipinski definition) is 5. The Balaban J connectivity index is 0.000000795. The summed E-state index contributed by atoms with van der Waals surface area (Å²) in [7, 11) is 0. The van der Waals surface area contributed by atoms with E-state index in [1.54, 1.807) is 6.92 Å². The maximum Gasteiger partial charge on any atom is 0.419 e. The molecule has 208 valence electrons. The minimum atomic E-state index is -4.65. The molecular weight excluding hydrogens is 523 g/mol. The Bertz CT molecular complexity index is 1300. The number of hydrogen-bond donors (Lipinski definition) is 1. The zero-order valence-electron chi connectivity index (χ0n) is 22.3. The molecule has 0 atom stereocenters. The van der Waals surface area contributed by atoms with Crippen molar-refractivity contribution in [3.63, 3.8) is 0 Å². The molecular formula is C27H33F5N4OS. The first-order chi connectivity index (χ1) is 17.8. The predicted octanol–water partition coefficient (Wildman–Crippen LogP) is 7.37. The summed E-state index contributed by atoms with van der Waals surface area (Å²) in [6, 6.07) is 2.59. The number of alkyl halides is 3. The topological polar surface area (TPSA) is 73.8 Å². The van der Waals surface area contributed by atoms with Gasteiger partial charge in [-0.25, -0.2) is 18.7 Å². The predicted molar refractivity (Wildman–Crippen MR) is 144 cm³/mol. The fourth-order valence-electron chi connectivity index (χ4n) is 2.95. The van der Waals surface area contributed by atoms with E-state index in [1.807, 2.05) is 13.8 Å². The lowest BCUT2D eigenvalue weighted by Gasteiger charge is -2.11. The molecule has 0 fully saturated rings. The van der Waals surface area contributed by atoms with Crippen LogP contribution in [0.1, 0.15) is 66.4 Å². The Morgan fingerprint density at radius 1 is 1.05 bits per heavy atom. The van der Waals surface area contributed by atoms with Gasteiger partial charge >= 0.3 is 6.18 Å². The average molecular weight is 557 g/mol. The van der Waals surface area contributed by atoms with Gasteiger partial charge in [-0.2, -0.15) is 13.2 Å². The molecule has 0 bridgehead atoms. The summed E-state index contributed by atoms with van der Waals surface area (Å²) < 4.78 is 68.8. The van der Waals surface area contributed by atoms with Crippen molar-refractivity contribution in [2.24, 2.45) is 5.14 Å². The van der Waals surface area contributed by atoms with E-state index in [2.05, 4.69) is 42.6 Å². The van der Waals surface area contributed by atoms with E-state index >= 15 is 0 Å². The fourth-order valence-corrected chi connectivity index (χ4v) is 2.95. The summed E-state index contributed by atoms with van der Waals surface area (Å²) in [5, 5.41) is 4.89. The zero-order chi connectivity index (χ0) is 29.1. The van der Waals surface area contributed by atoms with Gasteiger partial charge in [-0.15, -0.1) is 11.8 Å². The van der Waals surface area contributed by atoms with Crippen LogP contribution >= 0.6 is 11.9 Å². The van der Waals surface area contributed by atoms with E-state index in [1.165, 1.54) is 28.8 Å². The van der Waals surface area contributed by atoms with Crippen LogP contribution in [0.2, 0.25) is 0 Å². The van der Waals surface area contributed by atoms with Crippen molar-refractivity contribution in [3.8, 4) is 23.2 Å². The minimum absolute atomic E-state index is 0.102. The van der Waals surface area contributed by atoms with Gasteiger partial charge in [0.05, 0.1) is 16.5 Å². The SMILES string of the molecule is CC.CC#CCCCCn1ccc2cc(-c3ncc(C(F)(F)F)cn3)c(F)c(F)c2c1=O.CC(C)(C)SN. The normalized spacial score (nSPS) is 11.1. The van der Waals surface area contributed by atoms with Crippen LogP contribution < -0.4 is 10.7 Å². The van der Waals surface area contributed by atoms with Crippen molar-refractivity contribution in [1.29, 1.82) is 0 Å². The number of fused-ring (bicyclic) bond motifs is 1. The van der Waals surface area contributed by atoms with Crippen LogP contribution in [0.4, 0.5) is 22.0 Å². The molecule has 0 unspecified atom stereocenters. The summed E-state index contributed by atoms with van der Waals surface area (Å²) in [5.74, 6) is 2.48. The highest BCUT2D eigenvalue weighted by Crippen LogP contribution is 2.31. The lowest BCUT2D eigenvalue weighted by atomic mass is 10.1. The van der Waals surface area contributed by atoms with Crippen LogP contribution in [0.5, 0.6) is 0 Å². The first kappa shape index (κ1) is 33.1. The summed E-state index contributed by atoms with van der Waals surface area (Å²) in [6.45, 7) is 12.3. The number of pyridine rings is 1. The quantitative estimate of drug-likeness (QED) is 0.154. The van der Waals surface area contributed by atoms with Gasteiger partial charge in [-0.1, -0.05) is 25.8 Å². The Morgan fingerprint density at radius 3 is 2.13 bits per heavy atom. The van der Waals surface area contributed by atoms with Gasteiger partial charge in [0, 0.05) is 36.3 Å². The Labute approximate surface area is 224 Å². The second kappa shape index (κ2) is 14.8. The standard InChI is InChI=1S/C21H16F5N3O.C4H11NS.C2H6/c1-2-3-4-5-6-8-29-9-7-13-10-15(17(22)18(23)16(13)20(29)30)19-27-11-14(12-28-19)21(24,25)26;1-4(2,3)6-5;1-2/h7,9-12H,4-6,8H2,1H3;5H2,1-3H3;1-2H3. The molecule has 0 aliphatic carbocycles. The third-order valence-electron chi connectivity index (χ3n) is 4.85. The summed E-state index contributed by atoms with van der Waals surface area (Å²) in [6.07, 6.45) is -0.132. The molecule has 2 aromatic heterocycles. The van der Waals surface area contributed by atoms with Gasteiger partial charge in [0.1, 0.15) is 0 Å². The monoisotopic (exact) mass is 556 g/mol. The van der Waals surface area contributed by atoms with E-state index < -0.39 is 45.7 Å². The van der Waals surface area contributed by atoms with E-state index in [-0.39, 0.29) is 10.1 Å². The van der Waals surface area contributed by atoms with Gasteiger partial charge < -0.3 is 4.57 Å². The number of nitrogens with two attached hydrogens (primary N) is 1. The van der Waals surface area contributed by atoms with Crippen LogP contribution in [-0.2, 0) is 12.7 Å². The lowest BCUT2D eigenvalue weighted by molar-refractivity contribution is -0.138. The maximum absolute atomic E-state index is 14.7. The smallest absolute Gasteiger partial charge is 0.315 e. The molecule has 5 nitrogen and oxygen atoms in total. The third-order valence-corrected chi connectivity index (χ3v) is 5.55. The molecule has 0 amide bonds. The van der Waals surface area contributed by atoms with Crippen LogP contribution in [0.15, 0.2) is 35.5 Å². The zero-order valence-corrected chi connectivity index (χ0v) is 23.2. The number of benzene rings is 1. The van der Waals surface area contributed by atoms with Crippen LogP contribution in [0.3, 0.4) is 0 Å². The Kier molecular flexibility index (Phi) is 12.9. The fraction of sp³-hybridized carbons (Fsp3) is 0.444. The van der Waals surface area contributed by atoms with Crippen LogP contribution in [0, 0.1) is 23.5 Å². The molecule has 0 saturated heterocycles. The molecule has 0 spiro atoms. The largest absolute Gasteiger partial charge is 0.419 e. The van der Waals surface area contributed by atoms with Crippen LogP contribution in [-0.4, -0.2) is 19.3 Å². The first-order valence-electron chi connectivity index (χ1n) is 12.0. The van der Waals surface area contributed by atoms with E-state index in [0.717, 1.165) is 12.5 Å². The molecule has 0 aliphatic rings. The number of aromatic nitrogens is 3. The number of rotatable bonds is 5. The maximum atomic E-state index is 14.7. The van der Waals surface area contributed by atoms with E-state index in [9.17, 15) is 26.7 Å². The van der Waals surface area contributed by atoms with Gasteiger partial charge in [0.15, 0.2) is 17.5 Å². The highest BCUT2D eigenvalue weighted by atomic mass is 32.2. The molecule has 38 heavy (non-hydrogen) atoms. The van der Waals surface area contributed by atoms with Gasteiger partial charge in [-0.3, -0.25) is 9.93 Å². The highest BCUT2D eigenvalue weighted by Gasteiger charge is 2.31. The van der Waals surface area contributed by atoms with E-state index in [0.29, 0.717) is 31.8 Å². The van der Waals surface area contributed by atoms with Gasteiger partial charge in [-0.05, 0) is 58.1 Å². The van der Waals surface area contributed by atoms with E-state index in [4.69, 9.17) is 5.14 Å². The molecule has 3 rings (SSSR count). The molecule has 3 aromatic rings. The molecule has 11 heteroatoms. The molecule has 2 N–H and O–H groups in total. The summed E-state index contributed by atoms with van der Waals surface area (Å²) >= 11 is 1.38. The minimum Gasteiger partial charge on any atom is -0.315 e. The Hall–Kier alpha value is -2.97. The first-order valence-corrected chi connectivity index (χ1v) is 12.9. The molecule has 0 aliphatic heterocycles. The van der Waals surface area contributed by atoms with Crippen molar-refractivity contribution < 1.29 is 22.0 Å². The highest BCUT2D eigenvalue weighted by molar-refractivity contribution is 7.98.